The van der Waals surface area contributed by atoms with Gasteiger partial charge in [0.05, 0.1) is 38.0 Å². The Morgan fingerprint density at radius 1 is 0.969 bits per heavy atom. The van der Waals surface area contributed by atoms with Crippen LogP contribution in [0.1, 0.15) is 29.8 Å². The van der Waals surface area contributed by atoms with E-state index in [4.69, 9.17) is 9.47 Å². The van der Waals surface area contributed by atoms with E-state index in [2.05, 4.69) is 32.4 Å². The van der Waals surface area contributed by atoms with E-state index in [1.807, 2.05) is 67.1 Å². The van der Waals surface area contributed by atoms with Crippen molar-refractivity contribution in [2.24, 2.45) is 0 Å². The van der Waals surface area contributed by atoms with Crippen LogP contribution in [0.2, 0.25) is 0 Å². The van der Waals surface area contributed by atoms with Crippen LogP contribution in [0.15, 0.2) is 55.0 Å². The maximum atomic E-state index is 5.52. The molecule has 0 amide bonds. The van der Waals surface area contributed by atoms with Gasteiger partial charge in [-0.1, -0.05) is 18.2 Å². The Morgan fingerprint density at radius 2 is 1.78 bits per heavy atom. The molecule has 0 aliphatic carbocycles. The van der Waals surface area contributed by atoms with Gasteiger partial charge in [0.25, 0.3) is 0 Å². The molecular weight excluding hydrogens is 404 g/mol. The van der Waals surface area contributed by atoms with Crippen LogP contribution in [0.4, 0.5) is 5.82 Å². The first-order chi connectivity index (χ1) is 15.5. The van der Waals surface area contributed by atoms with Crippen molar-refractivity contribution in [3.05, 3.63) is 71.8 Å². The summed E-state index contributed by atoms with van der Waals surface area (Å²) in [5.74, 6) is 2.04. The average molecular weight is 431 g/mol. The summed E-state index contributed by atoms with van der Waals surface area (Å²) >= 11 is 0. The zero-order valence-electron chi connectivity index (χ0n) is 18.8. The van der Waals surface area contributed by atoms with E-state index in [0.29, 0.717) is 23.1 Å². The molecule has 3 heterocycles. The Hall–Kier alpha value is -3.94. The van der Waals surface area contributed by atoms with Crippen LogP contribution < -0.4 is 14.8 Å². The van der Waals surface area contributed by atoms with Crippen molar-refractivity contribution >= 4 is 5.82 Å². The molecular formula is C24H26N6O2. The molecule has 164 valence electrons. The quantitative estimate of drug-likeness (QED) is 0.461. The van der Waals surface area contributed by atoms with Gasteiger partial charge in [-0.2, -0.15) is 0 Å². The number of rotatable bonds is 7. The molecule has 0 spiro atoms. The Bertz CT molecular complexity index is 1240. The summed E-state index contributed by atoms with van der Waals surface area (Å²) in [6, 6.07) is 13.7. The fourth-order valence-corrected chi connectivity index (χ4v) is 3.54. The average Bonchev–Trinajstić information content (AvgIpc) is 3.25. The van der Waals surface area contributed by atoms with Crippen molar-refractivity contribution in [1.82, 2.24) is 24.7 Å². The summed E-state index contributed by atoms with van der Waals surface area (Å²) < 4.78 is 12.9. The number of aromatic nitrogens is 5. The van der Waals surface area contributed by atoms with E-state index in [1.54, 1.807) is 20.5 Å². The Kier molecular flexibility index (Phi) is 6.02. The SMILES string of the molecule is COc1ccccc1[C@H](C)Nc1nnc(-c2ccc(-n3cnc(C)c3)c(OC)n2)cc1C. The number of nitrogens with one attached hydrogen (secondary N) is 1. The monoisotopic (exact) mass is 430 g/mol. The van der Waals surface area contributed by atoms with Crippen molar-refractivity contribution in [3.63, 3.8) is 0 Å². The van der Waals surface area contributed by atoms with Gasteiger partial charge in [-0.15, -0.1) is 10.2 Å². The van der Waals surface area contributed by atoms with E-state index < -0.39 is 0 Å². The molecule has 8 nitrogen and oxygen atoms in total. The minimum Gasteiger partial charge on any atom is -0.496 e. The molecule has 8 heteroatoms. The van der Waals surface area contributed by atoms with Crippen molar-refractivity contribution in [2.75, 3.05) is 19.5 Å². The molecule has 0 saturated carbocycles. The molecule has 4 aromatic rings. The molecule has 1 aromatic carbocycles. The molecule has 0 bridgehead atoms. The normalized spacial score (nSPS) is 11.8. The highest BCUT2D eigenvalue weighted by molar-refractivity contribution is 5.61. The highest BCUT2D eigenvalue weighted by Gasteiger charge is 2.15. The molecule has 0 radical (unpaired) electrons. The minimum absolute atomic E-state index is 0.00105. The van der Waals surface area contributed by atoms with Gasteiger partial charge in [0.2, 0.25) is 5.88 Å². The fourth-order valence-electron chi connectivity index (χ4n) is 3.54. The van der Waals surface area contributed by atoms with Crippen LogP contribution >= 0.6 is 0 Å². The summed E-state index contributed by atoms with van der Waals surface area (Å²) in [6.07, 6.45) is 3.66. The number of pyridine rings is 1. The largest absolute Gasteiger partial charge is 0.496 e. The van der Waals surface area contributed by atoms with Crippen molar-refractivity contribution in [1.29, 1.82) is 0 Å². The van der Waals surface area contributed by atoms with Crippen LogP contribution in [0.25, 0.3) is 17.1 Å². The summed E-state index contributed by atoms with van der Waals surface area (Å²) in [6.45, 7) is 6.00. The summed E-state index contributed by atoms with van der Waals surface area (Å²) in [5, 5.41) is 12.2. The number of hydrogen-bond donors (Lipinski definition) is 1. The highest BCUT2D eigenvalue weighted by Crippen LogP contribution is 2.29. The molecule has 32 heavy (non-hydrogen) atoms. The van der Waals surface area contributed by atoms with Gasteiger partial charge in [0.1, 0.15) is 17.1 Å². The van der Waals surface area contributed by atoms with Crippen molar-refractivity contribution in [3.8, 4) is 28.7 Å². The molecule has 3 aromatic heterocycles. The van der Waals surface area contributed by atoms with Gasteiger partial charge >= 0.3 is 0 Å². The Balaban J connectivity index is 1.59. The lowest BCUT2D eigenvalue weighted by Crippen LogP contribution is -2.11. The van der Waals surface area contributed by atoms with Gasteiger partial charge < -0.3 is 19.4 Å². The number of aryl methyl sites for hydroxylation is 2. The van der Waals surface area contributed by atoms with Gasteiger partial charge in [0.15, 0.2) is 5.82 Å². The fraction of sp³-hybridized carbons (Fsp3) is 0.250. The predicted molar refractivity (Wildman–Crippen MR) is 123 cm³/mol. The lowest BCUT2D eigenvalue weighted by molar-refractivity contribution is 0.396. The van der Waals surface area contributed by atoms with Crippen LogP contribution in [0, 0.1) is 13.8 Å². The van der Waals surface area contributed by atoms with E-state index >= 15 is 0 Å². The van der Waals surface area contributed by atoms with Gasteiger partial charge in [-0.3, -0.25) is 0 Å². The second-order valence-electron chi connectivity index (χ2n) is 7.52. The highest BCUT2D eigenvalue weighted by atomic mass is 16.5. The van der Waals surface area contributed by atoms with Crippen LogP contribution in [-0.2, 0) is 0 Å². The van der Waals surface area contributed by atoms with E-state index in [0.717, 1.165) is 28.3 Å². The molecule has 0 fully saturated rings. The second-order valence-corrected chi connectivity index (χ2v) is 7.52. The zero-order chi connectivity index (χ0) is 22.7. The molecule has 0 unspecified atom stereocenters. The molecule has 0 aliphatic heterocycles. The Morgan fingerprint density at radius 3 is 2.47 bits per heavy atom. The second kappa shape index (κ2) is 9.05. The number of benzene rings is 1. The minimum atomic E-state index is 0.00105. The van der Waals surface area contributed by atoms with Crippen LogP contribution in [0.5, 0.6) is 11.6 Å². The van der Waals surface area contributed by atoms with Crippen LogP contribution in [0.3, 0.4) is 0 Å². The zero-order valence-corrected chi connectivity index (χ0v) is 18.8. The van der Waals surface area contributed by atoms with Crippen LogP contribution in [-0.4, -0.2) is 39.0 Å². The molecule has 0 aliphatic rings. The van der Waals surface area contributed by atoms with E-state index in [9.17, 15) is 0 Å². The number of nitrogens with zero attached hydrogens (tertiary/aromatic N) is 5. The van der Waals surface area contributed by atoms with Gasteiger partial charge in [0, 0.05) is 11.8 Å². The number of imidazole rings is 1. The summed E-state index contributed by atoms with van der Waals surface area (Å²) in [5.41, 5.74) is 5.10. The third-order valence-electron chi connectivity index (χ3n) is 5.23. The predicted octanol–water partition coefficient (Wildman–Crippen LogP) is 4.53. The van der Waals surface area contributed by atoms with E-state index in [-0.39, 0.29) is 6.04 Å². The molecule has 0 saturated heterocycles. The number of methoxy groups -OCH3 is 2. The standard InChI is InChI=1S/C24H26N6O2/c1-15-12-20(19-10-11-21(24(27-19)32-5)30-13-16(2)25-14-30)28-29-23(15)26-17(3)18-8-6-7-9-22(18)31-4/h6-14,17H,1-5H3,(H,26,29)/t17-/m0/s1. The number of ether oxygens (including phenoxy) is 2. The number of hydrogen-bond acceptors (Lipinski definition) is 7. The van der Waals surface area contributed by atoms with Gasteiger partial charge in [-0.05, 0) is 50.6 Å². The van der Waals surface area contributed by atoms with Gasteiger partial charge in [-0.25, -0.2) is 9.97 Å². The van der Waals surface area contributed by atoms with Crippen molar-refractivity contribution in [2.45, 2.75) is 26.8 Å². The maximum absolute atomic E-state index is 5.52. The third kappa shape index (κ3) is 4.25. The molecule has 1 atom stereocenters. The first-order valence-electron chi connectivity index (χ1n) is 10.3. The molecule has 4 rings (SSSR count). The third-order valence-corrected chi connectivity index (χ3v) is 5.23. The topological polar surface area (TPSA) is 87.0 Å². The lowest BCUT2D eigenvalue weighted by Gasteiger charge is -2.18. The Labute approximate surface area is 187 Å². The maximum Gasteiger partial charge on any atom is 0.238 e. The number of anilines is 1. The van der Waals surface area contributed by atoms with Crippen molar-refractivity contribution < 1.29 is 9.47 Å². The first-order valence-corrected chi connectivity index (χ1v) is 10.3. The summed E-state index contributed by atoms with van der Waals surface area (Å²) in [4.78, 5) is 8.91. The van der Waals surface area contributed by atoms with E-state index in [1.165, 1.54) is 0 Å². The first kappa shape index (κ1) is 21.3. The summed E-state index contributed by atoms with van der Waals surface area (Å²) in [7, 11) is 3.27. The number of para-hydroxylation sites is 1. The smallest absolute Gasteiger partial charge is 0.238 e. The molecule has 1 N–H and O–H groups in total. The lowest BCUT2D eigenvalue weighted by atomic mass is 10.1.